The number of carbonyl (C=O) groups is 1. The zero-order chi connectivity index (χ0) is 23.2. The number of nitro benzene ring substituents is 1. The first-order chi connectivity index (χ1) is 15.5. The average molecular weight is 440 g/mol. The molecule has 0 atom stereocenters. The third-order valence-corrected chi connectivity index (χ3v) is 6.05. The number of hydrogen-bond acceptors (Lipinski definition) is 3. The average Bonchev–Trinajstić information content (AvgIpc) is 2.79. The van der Waals surface area contributed by atoms with Gasteiger partial charge in [0.05, 0.1) is 10.5 Å². The largest absolute Gasteiger partial charge is 0.478 e. The number of unbranched alkanes of at least 4 members (excludes halogenated alkanes) is 11. The lowest BCUT2D eigenvalue weighted by Gasteiger charge is -2.07. The van der Waals surface area contributed by atoms with E-state index in [9.17, 15) is 14.9 Å². The van der Waals surface area contributed by atoms with E-state index >= 15 is 0 Å². The number of rotatable bonds is 16. The van der Waals surface area contributed by atoms with E-state index in [4.69, 9.17) is 5.11 Å². The second-order valence-electron chi connectivity index (χ2n) is 8.62. The first-order valence-corrected chi connectivity index (χ1v) is 12.1. The van der Waals surface area contributed by atoms with Crippen LogP contribution in [0.15, 0.2) is 42.5 Å². The van der Waals surface area contributed by atoms with Crippen LogP contribution in [-0.2, 0) is 6.42 Å². The van der Waals surface area contributed by atoms with Gasteiger partial charge in [0, 0.05) is 11.6 Å². The summed E-state index contributed by atoms with van der Waals surface area (Å²) in [6.45, 7) is 2.25. The molecule has 2 aromatic carbocycles. The first-order valence-electron chi connectivity index (χ1n) is 12.1. The van der Waals surface area contributed by atoms with Crippen molar-refractivity contribution in [3.8, 4) is 11.1 Å². The molecule has 0 saturated heterocycles. The summed E-state index contributed by atoms with van der Waals surface area (Å²) in [5, 5.41) is 20.6. The van der Waals surface area contributed by atoms with Crippen LogP contribution in [0.3, 0.4) is 0 Å². The molecule has 0 spiro atoms. The number of carboxylic acid groups (broad SMARTS) is 1. The maximum Gasteiger partial charge on any atom is 0.335 e. The van der Waals surface area contributed by atoms with Crippen molar-refractivity contribution in [3.05, 3.63) is 63.7 Å². The van der Waals surface area contributed by atoms with Crippen molar-refractivity contribution < 1.29 is 14.8 Å². The minimum atomic E-state index is -0.986. The van der Waals surface area contributed by atoms with E-state index in [-0.39, 0.29) is 16.2 Å². The van der Waals surface area contributed by atoms with Crippen molar-refractivity contribution in [2.45, 2.75) is 90.4 Å². The molecule has 0 amide bonds. The lowest BCUT2D eigenvalue weighted by molar-refractivity contribution is -0.385. The molecule has 0 unspecified atom stereocenters. The number of aryl methyl sites for hydroxylation is 1. The van der Waals surface area contributed by atoms with Gasteiger partial charge in [-0.3, -0.25) is 10.1 Å². The molecule has 0 fully saturated rings. The van der Waals surface area contributed by atoms with Crippen molar-refractivity contribution in [2.75, 3.05) is 0 Å². The fraction of sp³-hybridized carbons (Fsp3) is 0.519. The molecule has 0 aliphatic heterocycles. The van der Waals surface area contributed by atoms with Crippen LogP contribution in [0.2, 0.25) is 0 Å². The third kappa shape index (κ3) is 8.81. The summed E-state index contributed by atoms with van der Waals surface area (Å²) in [6.07, 6.45) is 16.0. The second-order valence-corrected chi connectivity index (χ2v) is 8.62. The van der Waals surface area contributed by atoms with E-state index in [2.05, 4.69) is 6.92 Å². The molecule has 0 radical (unpaired) electrons. The smallest absolute Gasteiger partial charge is 0.335 e. The molecule has 5 heteroatoms. The zero-order valence-corrected chi connectivity index (χ0v) is 19.4. The molecule has 0 aliphatic rings. The molecule has 2 rings (SSSR count). The van der Waals surface area contributed by atoms with Crippen LogP contribution < -0.4 is 0 Å². The molecule has 0 aromatic heterocycles. The summed E-state index contributed by atoms with van der Waals surface area (Å²) in [6, 6.07) is 11.7. The topological polar surface area (TPSA) is 80.4 Å². The maximum absolute atomic E-state index is 11.6. The Bertz CT molecular complexity index is 845. The highest BCUT2D eigenvalue weighted by molar-refractivity contribution is 5.88. The summed E-state index contributed by atoms with van der Waals surface area (Å²) < 4.78 is 0. The van der Waals surface area contributed by atoms with Crippen LogP contribution in [0.5, 0.6) is 0 Å². The summed E-state index contributed by atoms with van der Waals surface area (Å²) in [5.74, 6) is -0.986. The molecule has 32 heavy (non-hydrogen) atoms. The van der Waals surface area contributed by atoms with Gasteiger partial charge in [0.25, 0.3) is 5.69 Å². The summed E-state index contributed by atoms with van der Waals surface area (Å²) >= 11 is 0. The Kier molecular flexibility index (Phi) is 11.5. The van der Waals surface area contributed by atoms with Gasteiger partial charge in [0.15, 0.2) is 0 Å². The number of benzene rings is 2. The van der Waals surface area contributed by atoms with E-state index in [0.29, 0.717) is 6.42 Å². The molecule has 5 nitrogen and oxygen atoms in total. The van der Waals surface area contributed by atoms with E-state index in [1.807, 2.05) is 12.1 Å². The monoisotopic (exact) mass is 439 g/mol. The highest BCUT2D eigenvalue weighted by Crippen LogP contribution is 2.29. The third-order valence-electron chi connectivity index (χ3n) is 6.05. The maximum atomic E-state index is 11.6. The molecule has 2 aromatic rings. The van der Waals surface area contributed by atoms with Gasteiger partial charge >= 0.3 is 5.97 Å². The van der Waals surface area contributed by atoms with Crippen LogP contribution in [0.25, 0.3) is 11.1 Å². The lowest BCUT2D eigenvalue weighted by atomic mass is 9.98. The van der Waals surface area contributed by atoms with Crippen LogP contribution in [0, 0.1) is 10.1 Å². The number of nitrogens with zero attached hydrogens (tertiary/aromatic N) is 1. The normalized spacial score (nSPS) is 10.9. The van der Waals surface area contributed by atoms with Crippen molar-refractivity contribution in [1.29, 1.82) is 0 Å². The van der Waals surface area contributed by atoms with Gasteiger partial charge in [-0.05, 0) is 36.1 Å². The lowest BCUT2D eigenvalue weighted by Crippen LogP contribution is -1.97. The SMILES string of the molecule is CCCCCCCCCCCCCCc1ccc(-c2ccc(C(=O)O)cc2)cc1[N+](=O)[O-]. The molecule has 0 aliphatic carbocycles. The first kappa shape index (κ1) is 25.6. The van der Waals surface area contributed by atoms with Gasteiger partial charge in [0.1, 0.15) is 0 Å². The fourth-order valence-corrected chi connectivity index (χ4v) is 4.09. The molecular formula is C27H37NO4. The van der Waals surface area contributed by atoms with Crippen LogP contribution in [-0.4, -0.2) is 16.0 Å². The Labute approximate surface area is 192 Å². The molecular weight excluding hydrogens is 402 g/mol. The fourth-order valence-electron chi connectivity index (χ4n) is 4.09. The van der Waals surface area contributed by atoms with Gasteiger partial charge in [-0.1, -0.05) is 102 Å². The van der Waals surface area contributed by atoms with Gasteiger partial charge in [-0.2, -0.15) is 0 Å². The van der Waals surface area contributed by atoms with Gasteiger partial charge in [-0.15, -0.1) is 0 Å². The molecule has 1 N–H and O–H groups in total. The van der Waals surface area contributed by atoms with Crippen molar-refractivity contribution in [1.82, 2.24) is 0 Å². The Morgan fingerprint density at radius 3 is 1.78 bits per heavy atom. The highest BCUT2D eigenvalue weighted by atomic mass is 16.6. The molecule has 0 heterocycles. The van der Waals surface area contributed by atoms with Crippen molar-refractivity contribution in [2.24, 2.45) is 0 Å². The van der Waals surface area contributed by atoms with Gasteiger partial charge in [-0.25, -0.2) is 4.79 Å². The number of hydrogen-bond donors (Lipinski definition) is 1. The number of nitro groups is 1. The standard InChI is InChI=1S/C27H37NO4/c1-2-3-4-5-6-7-8-9-10-11-12-13-14-23-17-20-25(21-26(23)28(31)32)22-15-18-24(19-16-22)27(29)30/h15-21H,2-14H2,1H3,(H,29,30). The molecule has 0 saturated carbocycles. The summed E-state index contributed by atoms with van der Waals surface area (Å²) in [5.41, 5.74) is 2.62. The quantitative estimate of drug-likeness (QED) is 0.162. The zero-order valence-electron chi connectivity index (χ0n) is 19.4. The number of aromatic carboxylic acids is 1. The summed E-state index contributed by atoms with van der Waals surface area (Å²) in [4.78, 5) is 22.3. The van der Waals surface area contributed by atoms with E-state index in [1.165, 1.54) is 76.3 Å². The van der Waals surface area contributed by atoms with Crippen molar-refractivity contribution >= 4 is 11.7 Å². The minimum Gasteiger partial charge on any atom is -0.478 e. The minimum absolute atomic E-state index is 0.146. The molecule has 0 bridgehead atoms. The van der Waals surface area contributed by atoms with Crippen LogP contribution in [0.1, 0.15) is 99.9 Å². The Hall–Kier alpha value is -2.69. The van der Waals surface area contributed by atoms with Gasteiger partial charge < -0.3 is 5.11 Å². The number of carboxylic acids is 1. The Morgan fingerprint density at radius 2 is 1.28 bits per heavy atom. The van der Waals surface area contributed by atoms with E-state index in [0.717, 1.165) is 29.5 Å². The summed E-state index contributed by atoms with van der Waals surface area (Å²) in [7, 11) is 0. The van der Waals surface area contributed by atoms with Gasteiger partial charge in [0.2, 0.25) is 0 Å². The van der Waals surface area contributed by atoms with Crippen LogP contribution in [0.4, 0.5) is 5.69 Å². The van der Waals surface area contributed by atoms with Crippen LogP contribution >= 0.6 is 0 Å². The van der Waals surface area contributed by atoms with E-state index in [1.54, 1.807) is 18.2 Å². The predicted octanol–water partition coefficient (Wildman–Crippen LogP) is 8.20. The van der Waals surface area contributed by atoms with Crippen molar-refractivity contribution in [3.63, 3.8) is 0 Å². The highest BCUT2D eigenvalue weighted by Gasteiger charge is 2.15. The molecule has 174 valence electrons. The van der Waals surface area contributed by atoms with E-state index < -0.39 is 5.97 Å². The predicted molar refractivity (Wildman–Crippen MR) is 130 cm³/mol. The Morgan fingerprint density at radius 1 is 0.781 bits per heavy atom. The Balaban J connectivity index is 1.75. The second kappa shape index (κ2) is 14.4.